The number of ether oxygens (including phenoxy) is 3. The van der Waals surface area contributed by atoms with E-state index in [9.17, 15) is 0 Å². The number of halogens is 1. The molecule has 124 valence electrons. The summed E-state index contributed by atoms with van der Waals surface area (Å²) >= 11 is 6.04. The Labute approximate surface area is 142 Å². The van der Waals surface area contributed by atoms with Crippen molar-refractivity contribution in [3.8, 4) is 11.5 Å². The fourth-order valence-electron chi connectivity index (χ4n) is 1.98. The van der Waals surface area contributed by atoms with Crippen LogP contribution in [0.15, 0.2) is 48.5 Å². The molecule has 2 aromatic carbocycles. The molecule has 0 aliphatic heterocycles. The van der Waals surface area contributed by atoms with Gasteiger partial charge in [-0.25, -0.2) is 0 Å². The second kappa shape index (κ2) is 9.98. The highest BCUT2D eigenvalue weighted by molar-refractivity contribution is 6.32. The first kappa shape index (κ1) is 17.4. The van der Waals surface area contributed by atoms with Crippen LogP contribution in [0, 0.1) is 0 Å². The van der Waals surface area contributed by atoms with E-state index in [2.05, 4.69) is 5.32 Å². The van der Waals surface area contributed by atoms with Gasteiger partial charge in [0.25, 0.3) is 0 Å². The molecule has 0 aromatic heterocycles. The summed E-state index contributed by atoms with van der Waals surface area (Å²) in [5.41, 5.74) is 0.988. The summed E-state index contributed by atoms with van der Waals surface area (Å²) in [5.74, 6) is 1.52. The van der Waals surface area contributed by atoms with E-state index in [-0.39, 0.29) is 0 Å². The van der Waals surface area contributed by atoms with Gasteiger partial charge in [0, 0.05) is 24.9 Å². The summed E-state index contributed by atoms with van der Waals surface area (Å²) in [6.07, 6.45) is 0. The van der Waals surface area contributed by atoms with Crippen molar-refractivity contribution >= 4 is 17.3 Å². The van der Waals surface area contributed by atoms with Crippen LogP contribution in [0.25, 0.3) is 0 Å². The Morgan fingerprint density at radius 3 is 2.65 bits per heavy atom. The lowest BCUT2D eigenvalue weighted by Crippen LogP contribution is -2.12. The smallest absolute Gasteiger partial charge is 0.137 e. The van der Waals surface area contributed by atoms with Gasteiger partial charge in [-0.2, -0.15) is 0 Å². The molecule has 1 N–H and O–H groups in total. The number of rotatable bonds is 10. The fraction of sp³-hybridized carbons (Fsp3) is 0.333. The van der Waals surface area contributed by atoms with Crippen LogP contribution in [0.3, 0.4) is 0 Å². The van der Waals surface area contributed by atoms with Crippen molar-refractivity contribution in [3.63, 3.8) is 0 Å². The second-order valence-electron chi connectivity index (χ2n) is 4.78. The minimum Gasteiger partial charge on any atom is -0.491 e. The molecule has 0 radical (unpaired) electrons. The number of nitrogens with one attached hydrogen (secondary N) is 1. The van der Waals surface area contributed by atoms with Crippen LogP contribution in [0.1, 0.15) is 6.92 Å². The molecule has 0 atom stereocenters. The van der Waals surface area contributed by atoms with Crippen LogP contribution < -0.4 is 14.8 Å². The third-order valence-corrected chi connectivity index (χ3v) is 3.37. The Hall–Kier alpha value is -1.91. The van der Waals surface area contributed by atoms with Crippen LogP contribution in [-0.4, -0.2) is 33.0 Å². The monoisotopic (exact) mass is 335 g/mol. The lowest BCUT2D eigenvalue weighted by Gasteiger charge is -2.11. The maximum Gasteiger partial charge on any atom is 0.137 e. The first-order valence-corrected chi connectivity index (χ1v) is 8.09. The second-order valence-corrected chi connectivity index (χ2v) is 5.19. The number of benzene rings is 2. The minimum absolute atomic E-state index is 0.527. The highest BCUT2D eigenvalue weighted by Crippen LogP contribution is 2.23. The van der Waals surface area contributed by atoms with Gasteiger partial charge in [-0.15, -0.1) is 0 Å². The van der Waals surface area contributed by atoms with Gasteiger partial charge in [0.2, 0.25) is 0 Å². The van der Waals surface area contributed by atoms with E-state index in [1.54, 1.807) is 0 Å². The molecule has 23 heavy (non-hydrogen) atoms. The maximum atomic E-state index is 6.04. The van der Waals surface area contributed by atoms with Gasteiger partial charge >= 0.3 is 0 Å². The van der Waals surface area contributed by atoms with E-state index >= 15 is 0 Å². The van der Waals surface area contributed by atoms with E-state index in [0.29, 0.717) is 43.7 Å². The number of hydrogen-bond donors (Lipinski definition) is 1. The van der Waals surface area contributed by atoms with Crippen molar-refractivity contribution in [2.75, 3.05) is 38.3 Å². The highest BCUT2D eigenvalue weighted by atomic mass is 35.5. The van der Waals surface area contributed by atoms with Gasteiger partial charge < -0.3 is 19.5 Å². The summed E-state index contributed by atoms with van der Waals surface area (Å²) in [6, 6.07) is 15.3. The maximum absolute atomic E-state index is 6.04. The molecule has 0 aliphatic carbocycles. The molecule has 2 rings (SSSR count). The molecule has 0 saturated heterocycles. The standard InChI is InChI=1S/C18H22ClNO3/c1-2-21-12-13-22-16-7-5-6-15(14-16)20-10-11-23-18-9-4-3-8-17(18)19/h3-9,14,20H,2,10-13H2,1H3. The van der Waals surface area contributed by atoms with Crippen LogP contribution in [0.4, 0.5) is 5.69 Å². The van der Waals surface area contributed by atoms with Crippen molar-refractivity contribution in [1.82, 2.24) is 0 Å². The molecule has 0 bridgehead atoms. The van der Waals surface area contributed by atoms with E-state index in [4.69, 9.17) is 25.8 Å². The third kappa shape index (κ3) is 6.38. The number of anilines is 1. The summed E-state index contributed by atoms with van der Waals surface area (Å²) in [6.45, 7) is 5.02. The lowest BCUT2D eigenvalue weighted by atomic mass is 10.3. The van der Waals surface area contributed by atoms with E-state index in [1.165, 1.54) is 0 Å². The van der Waals surface area contributed by atoms with Crippen molar-refractivity contribution in [2.24, 2.45) is 0 Å². The Balaban J connectivity index is 1.72. The normalized spacial score (nSPS) is 10.3. The predicted molar refractivity (Wildman–Crippen MR) is 93.9 cm³/mol. The molecule has 5 heteroatoms. The molecule has 4 nitrogen and oxygen atoms in total. The lowest BCUT2D eigenvalue weighted by molar-refractivity contribution is 0.110. The number of para-hydroxylation sites is 1. The SMILES string of the molecule is CCOCCOc1cccc(NCCOc2ccccc2Cl)c1. The summed E-state index contributed by atoms with van der Waals surface area (Å²) < 4.78 is 16.5. The van der Waals surface area contributed by atoms with E-state index in [1.807, 2.05) is 55.5 Å². The van der Waals surface area contributed by atoms with Crippen LogP contribution in [0.5, 0.6) is 11.5 Å². The van der Waals surface area contributed by atoms with E-state index < -0.39 is 0 Å². The zero-order valence-electron chi connectivity index (χ0n) is 13.3. The molecule has 0 heterocycles. The number of hydrogen-bond acceptors (Lipinski definition) is 4. The summed E-state index contributed by atoms with van der Waals surface area (Å²) in [4.78, 5) is 0. The largest absolute Gasteiger partial charge is 0.491 e. The Kier molecular flexibility index (Phi) is 7.57. The van der Waals surface area contributed by atoms with Gasteiger partial charge in [-0.1, -0.05) is 29.8 Å². The highest BCUT2D eigenvalue weighted by Gasteiger charge is 2.00. The average molecular weight is 336 g/mol. The Morgan fingerprint density at radius 1 is 0.957 bits per heavy atom. The van der Waals surface area contributed by atoms with Gasteiger partial charge in [-0.05, 0) is 31.2 Å². The van der Waals surface area contributed by atoms with Crippen LogP contribution >= 0.6 is 11.6 Å². The molecular formula is C18H22ClNO3. The van der Waals surface area contributed by atoms with Crippen molar-refractivity contribution in [2.45, 2.75) is 6.92 Å². The molecule has 0 saturated carbocycles. The molecular weight excluding hydrogens is 314 g/mol. The topological polar surface area (TPSA) is 39.7 Å². The first-order chi connectivity index (χ1) is 11.3. The zero-order valence-corrected chi connectivity index (χ0v) is 14.0. The minimum atomic E-state index is 0.527. The molecule has 2 aromatic rings. The summed E-state index contributed by atoms with van der Waals surface area (Å²) in [5, 5.41) is 3.92. The molecule has 0 fully saturated rings. The zero-order chi connectivity index (χ0) is 16.3. The quantitative estimate of drug-likeness (QED) is 0.659. The van der Waals surface area contributed by atoms with Gasteiger partial charge in [0.1, 0.15) is 24.7 Å². The molecule has 0 amide bonds. The van der Waals surface area contributed by atoms with Gasteiger partial charge in [0.15, 0.2) is 0 Å². The van der Waals surface area contributed by atoms with Gasteiger partial charge in [0.05, 0.1) is 11.6 Å². The molecule has 0 unspecified atom stereocenters. The van der Waals surface area contributed by atoms with Crippen LogP contribution in [0.2, 0.25) is 5.02 Å². The summed E-state index contributed by atoms with van der Waals surface area (Å²) in [7, 11) is 0. The fourth-order valence-corrected chi connectivity index (χ4v) is 2.17. The van der Waals surface area contributed by atoms with Crippen LogP contribution in [-0.2, 0) is 4.74 Å². The molecule has 0 spiro atoms. The van der Waals surface area contributed by atoms with Crippen molar-refractivity contribution in [3.05, 3.63) is 53.6 Å². The predicted octanol–water partition coefficient (Wildman–Crippen LogP) is 4.25. The average Bonchev–Trinajstić information content (AvgIpc) is 2.57. The first-order valence-electron chi connectivity index (χ1n) is 7.71. The van der Waals surface area contributed by atoms with Gasteiger partial charge in [-0.3, -0.25) is 0 Å². The van der Waals surface area contributed by atoms with E-state index in [0.717, 1.165) is 11.4 Å². The third-order valence-electron chi connectivity index (χ3n) is 3.06. The Morgan fingerprint density at radius 2 is 1.83 bits per heavy atom. The van der Waals surface area contributed by atoms with Crippen molar-refractivity contribution < 1.29 is 14.2 Å². The Bertz CT molecular complexity index is 592. The molecule has 0 aliphatic rings. The van der Waals surface area contributed by atoms with Crippen molar-refractivity contribution in [1.29, 1.82) is 0 Å².